The van der Waals surface area contributed by atoms with Crippen LogP contribution < -0.4 is 0 Å². The van der Waals surface area contributed by atoms with Crippen molar-refractivity contribution in [2.45, 2.75) is 25.7 Å². The molecule has 0 N–H and O–H groups in total. The molecule has 2 heteroatoms. The quantitative estimate of drug-likeness (QED) is 0.249. The summed E-state index contributed by atoms with van der Waals surface area (Å²) < 4.78 is 0. The second-order valence-electron chi connectivity index (χ2n) is 2.16. The largest absolute Gasteiger partial charge is 0.399 e. The van der Waals surface area contributed by atoms with Gasteiger partial charge in [0.1, 0.15) is 7.11 Å². The SMILES string of the molecule is [CH2]CC=CCCCC=NOC. The van der Waals surface area contributed by atoms with Crippen molar-refractivity contribution in [3.8, 4) is 0 Å². The smallest absolute Gasteiger partial charge is 0.106 e. The summed E-state index contributed by atoms with van der Waals surface area (Å²) in [6, 6.07) is 0. The van der Waals surface area contributed by atoms with Crippen molar-refractivity contribution < 1.29 is 4.84 Å². The van der Waals surface area contributed by atoms with Crippen molar-refractivity contribution in [3.63, 3.8) is 0 Å². The summed E-state index contributed by atoms with van der Waals surface area (Å²) in [6.45, 7) is 3.70. The van der Waals surface area contributed by atoms with Gasteiger partial charge in [0.2, 0.25) is 0 Å². The minimum atomic E-state index is 0.881. The number of hydrogen-bond acceptors (Lipinski definition) is 2. The number of oxime groups is 1. The first kappa shape index (κ1) is 10.2. The number of unbranched alkanes of at least 4 members (excludes halogenated alkanes) is 2. The maximum absolute atomic E-state index is 4.51. The van der Waals surface area contributed by atoms with E-state index in [2.05, 4.69) is 29.1 Å². The molecule has 0 rings (SSSR count). The number of rotatable bonds is 6. The molecule has 1 radical (unpaired) electrons. The van der Waals surface area contributed by atoms with Crippen molar-refractivity contribution in [2.75, 3.05) is 7.11 Å². The fourth-order valence-electron chi connectivity index (χ4n) is 0.690. The van der Waals surface area contributed by atoms with E-state index in [0.29, 0.717) is 0 Å². The van der Waals surface area contributed by atoms with Gasteiger partial charge in [-0.25, -0.2) is 0 Å². The summed E-state index contributed by atoms with van der Waals surface area (Å²) in [7, 11) is 1.55. The minimum absolute atomic E-state index is 0.881. The molecule has 0 atom stereocenters. The van der Waals surface area contributed by atoms with Crippen molar-refractivity contribution in [3.05, 3.63) is 19.1 Å². The Morgan fingerprint density at radius 1 is 1.36 bits per heavy atom. The molecule has 0 aromatic heterocycles. The third-order valence-corrected chi connectivity index (χ3v) is 1.22. The summed E-state index contributed by atoms with van der Waals surface area (Å²) in [6.07, 6.45) is 10.1. The van der Waals surface area contributed by atoms with Crippen LogP contribution in [0, 0.1) is 6.92 Å². The maximum Gasteiger partial charge on any atom is 0.106 e. The first-order valence-corrected chi connectivity index (χ1v) is 3.91. The molecule has 0 aliphatic rings. The predicted octanol–water partition coefficient (Wildman–Crippen LogP) is 2.57. The van der Waals surface area contributed by atoms with Gasteiger partial charge in [0.25, 0.3) is 0 Å². The Morgan fingerprint density at radius 3 is 2.82 bits per heavy atom. The lowest BCUT2D eigenvalue weighted by molar-refractivity contribution is 0.214. The standard InChI is InChI=1S/C9H16NO/c1-3-4-5-6-7-8-9-10-11-2/h4-5,9H,1,3,6-8H2,2H3. The monoisotopic (exact) mass is 154 g/mol. The van der Waals surface area contributed by atoms with Gasteiger partial charge in [-0.2, -0.15) is 0 Å². The van der Waals surface area contributed by atoms with Gasteiger partial charge in [-0.1, -0.05) is 17.3 Å². The van der Waals surface area contributed by atoms with Crippen LogP contribution in [0.3, 0.4) is 0 Å². The van der Waals surface area contributed by atoms with E-state index in [0.717, 1.165) is 25.7 Å². The normalized spacial score (nSPS) is 11.5. The Labute approximate surface area is 68.9 Å². The lowest BCUT2D eigenvalue weighted by atomic mass is 10.2. The highest BCUT2D eigenvalue weighted by Crippen LogP contribution is 1.95. The Kier molecular flexibility index (Phi) is 8.55. The van der Waals surface area contributed by atoms with Crippen LogP contribution in [-0.2, 0) is 4.84 Å². The molecule has 0 bridgehead atoms. The second-order valence-corrected chi connectivity index (χ2v) is 2.16. The maximum atomic E-state index is 4.51. The van der Waals surface area contributed by atoms with E-state index in [1.54, 1.807) is 13.3 Å². The molecule has 0 fully saturated rings. The van der Waals surface area contributed by atoms with Crippen molar-refractivity contribution in [1.29, 1.82) is 0 Å². The first-order chi connectivity index (χ1) is 5.41. The van der Waals surface area contributed by atoms with Crippen LogP contribution in [0.25, 0.3) is 0 Å². The lowest BCUT2D eigenvalue weighted by Gasteiger charge is -1.88. The fraction of sp³-hybridized carbons (Fsp3) is 0.556. The number of nitrogens with zero attached hydrogens (tertiary/aromatic N) is 1. The molecule has 0 aromatic rings. The zero-order valence-electron chi connectivity index (χ0n) is 7.12. The Balaban J connectivity index is 3.02. The highest BCUT2D eigenvalue weighted by molar-refractivity contribution is 5.56. The van der Waals surface area contributed by atoms with Crippen molar-refractivity contribution in [1.82, 2.24) is 0 Å². The summed E-state index contributed by atoms with van der Waals surface area (Å²) >= 11 is 0. The molecule has 0 aliphatic carbocycles. The molecule has 0 heterocycles. The second kappa shape index (κ2) is 9.21. The molecule has 2 nitrogen and oxygen atoms in total. The van der Waals surface area contributed by atoms with E-state index >= 15 is 0 Å². The average Bonchev–Trinajstić information content (AvgIpc) is 2.03. The molecule has 0 saturated heterocycles. The van der Waals surface area contributed by atoms with Gasteiger partial charge in [0.05, 0.1) is 0 Å². The predicted molar refractivity (Wildman–Crippen MR) is 48.5 cm³/mol. The van der Waals surface area contributed by atoms with Gasteiger partial charge >= 0.3 is 0 Å². The van der Waals surface area contributed by atoms with Crippen LogP contribution in [0.2, 0.25) is 0 Å². The summed E-state index contributed by atoms with van der Waals surface area (Å²) in [5, 5.41) is 3.63. The molecule has 0 aliphatic heterocycles. The van der Waals surface area contributed by atoms with Crippen molar-refractivity contribution in [2.24, 2.45) is 5.16 Å². The number of allylic oxidation sites excluding steroid dienone is 2. The highest BCUT2D eigenvalue weighted by Gasteiger charge is 1.79. The average molecular weight is 154 g/mol. The molecule has 63 valence electrons. The van der Waals surface area contributed by atoms with Crippen LogP contribution in [0.1, 0.15) is 25.7 Å². The van der Waals surface area contributed by atoms with Gasteiger partial charge in [-0.3, -0.25) is 0 Å². The van der Waals surface area contributed by atoms with Crippen LogP contribution in [0.5, 0.6) is 0 Å². The van der Waals surface area contributed by atoms with Gasteiger partial charge < -0.3 is 4.84 Å². The fourth-order valence-corrected chi connectivity index (χ4v) is 0.690. The van der Waals surface area contributed by atoms with E-state index < -0.39 is 0 Å². The van der Waals surface area contributed by atoms with Gasteiger partial charge in [-0.05, 0) is 32.6 Å². The van der Waals surface area contributed by atoms with Crippen molar-refractivity contribution >= 4 is 6.21 Å². The topological polar surface area (TPSA) is 21.6 Å². The minimum Gasteiger partial charge on any atom is -0.399 e. The van der Waals surface area contributed by atoms with Gasteiger partial charge in [-0.15, -0.1) is 0 Å². The molecule has 0 unspecified atom stereocenters. The highest BCUT2D eigenvalue weighted by atomic mass is 16.6. The van der Waals surface area contributed by atoms with Crippen LogP contribution in [-0.4, -0.2) is 13.3 Å². The summed E-state index contributed by atoms with van der Waals surface area (Å²) in [4.78, 5) is 4.51. The zero-order chi connectivity index (χ0) is 8.36. The first-order valence-electron chi connectivity index (χ1n) is 3.91. The van der Waals surface area contributed by atoms with E-state index in [1.807, 2.05) is 0 Å². The number of hydrogen-bond donors (Lipinski definition) is 0. The van der Waals surface area contributed by atoms with Crippen LogP contribution in [0.15, 0.2) is 17.3 Å². The van der Waals surface area contributed by atoms with Crippen LogP contribution in [0.4, 0.5) is 0 Å². The van der Waals surface area contributed by atoms with Gasteiger partial charge in [0, 0.05) is 6.21 Å². The Morgan fingerprint density at radius 2 is 2.18 bits per heavy atom. The molecule has 0 amide bonds. The van der Waals surface area contributed by atoms with E-state index in [4.69, 9.17) is 0 Å². The zero-order valence-corrected chi connectivity index (χ0v) is 7.12. The molecule has 0 saturated carbocycles. The molecule has 11 heavy (non-hydrogen) atoms. The van der Waals surface area contributed by atoms with E-state index in [-0.39, 0.29) is 0 Å². The summed E-state index contributed by atoms with van der Waals surface area (Å²) in [5.41, 5.74) is 0. The molecular weight excluding hydrogens is 138 g/mol. The molecular formula is C9H16NO. The Bertz CT molecular complexity index is 105. The van der Waals surface area contributed by atoms with Crippen LogP contribution >= 0.6 is 0 Å². The lowest BCUT2D eigenvalue weighted by Crippen LogP contribution is -1.77. The van der Waals surface area contributed by atoms with Gasteiger partial charge in [0.15, 0.2) is 0 Å². The third kappa shape index (κ3) is 9.21. The molecule has 0 spiro atoms. The Hall–Kier alpha value is -0.790. The third-order valence-electron chi connectivity index (χ3n) is 1.22. The van der Waals surface area contributed by atoms with E-state index in [1.165, 1.54) is 0 Å². The summed E-state index contributed by atoms with van der Waals surface area (Å²) in [5.74, 6) is 0. The molecule has 0 aromatic carbocycles. The van der Waals surface area contributed by atoms with E-state index in [9.17, 15) is 0 Å².